The van der Waals surface area contributed by atoms with E-state index in [0.717, 1.165) is 4.47 Å². The highest BCUT2D eigenvalue weighted by atomic mass is 79.9. The summed E-state index contributed by atoms with van der Waals surface area (Å²) in [5.41, 5.74) is 5.44. The van der Waals surface area contributed by atoms with Crippen LogP contribution in [-0.4, -0.2) is 33.4 Å². The molecule has 0 radical (unpaired) electrons. The fourth-order valence-electron chi connectivity index (χ4n) is 1.25. The van der Waals surface area contributed by atoms with Crippen molar-refractivity contribution in [2.45, 2.75) is 11.8 Å². The SMILES string of the molecule is CCNC(=O)CN=C(N)NS(=O)(=O)c1ccc(Br)cc1. The summed E-state index contributed by atoms with van der Waals surface area (Å²) in [6.07, 6.45) is 0. The van der Waals surface area contributed by atoms with Gasteiger partial charge in [0, 0.05) is 11.0 Å². The van der Waals surface area contributed by atoms with E-state index in [-0.39, 0.29) is 23.3 Å². The highest BCUT2D eigenvalue weighted by molar-refractivity contribution is 9.10. The van der Waals surface area contributed by atoms with Gasteiger partial charge in [-0.05, 0) is 31.2 Å². The van der Waals surface area contributed by atoms with E-state index >= 15 is 0 Å². The number of guanidine groups is 1. The number of nitrogens with zero attached hydrogens (tertiary/aromatic N) is 1. The van der Waals surface area contributed by atoms with Crippen LogP contribution in [0.5, 0.6) is 0 Å². The Hall–Kier alpha value is -1.61. The van der Waals surface area contributed by atoms with Crippen molar-refractivity contribution >= 4 is 37.8 Å². The molecule has 1 rings (SSSR count). The Balaban J connectivity index is 2.73. The predicted molar refractivity (Wildman–Crippen MR) is 79.6 cm³/mol. The van der Waals surface area contributed by atoms with Crippen LogP contribution in [0.25, 0.3) is 0 Å². The minimum absolute atomic E-state index is 0.0526. The van der Waals surface area contributed by atoms with Crippen molar-refractivity contribution in [2.75, 3.05) is 13.1 Å². The van der Waals surface area contributed by atoms with E-state index in [2.05, 4.69) is 31.0 Å². The molecule has 0 saturated carbocycles. The molecule has 1 amide bonds. The maximum Gasteiger partial charge on any atom is 0.264 e. The molecule has 0 fully saturated rings. The second-order valence-electron chi connectivity index (χ2n) is 3.71. The first-order valence-electron chi connectivity index (χ1n) is 5.70. The molecule has 9 heteroatoms. The number of carbonyl (C=O) groups excluding carboxylic acids is 1. The summed E-state index contributed by atoms with van der Waals surface area (Å²) < 4.78 is 26.7. The Kier molecular flexibility index (Phi) is 5.96. The van der Waals surface area contributed by atoms with Gasteiger partial charge in [0.15, 0.2) is 0 Å². The largest absolute Gasteiger partial charge is 0.369 e. The third kappa shape index (κ3) is 5.17. The summed E-state index contributed by atoms with van der Waals surface area (Å²) in [5, 5.41) is 2.52. The molecule has 7 nitrogen and oxygen atoms in total. The van der Waals surface area contributed by atoms with E-state index in [1.54, 1.807) is 19.1 Å². The maximum atomic E-state index is 11.9. The minimum Gasteiger partial charge on any atom is -0.369 e. The zero-order valence-electron chi connectivity index (χ0n) is 10.8. The van der Waals surface area contributed by atoms with E-state index < -0.39 is 10.0 Å². The summed E-state index contributed by atoms with van der Waals surface area (Å²) in [6.45, 7) is 2.00. The van der Waals surface area contributed by atoms with Gasteiger partial charge in [-0.2, -0.15) is 0 Å². The average Bonchev–Trinajstić information content (AvgIpc) is 2.37. The van der Waals surface area contributed by atoms with Crippen LogP contribution in [0.2, 0.25) is 0 Å². The Morgan fingerprint density at radius 3 is 2.50 bits per heavy atom. The maximum absolute atomic E-state index is 11.9. The minimum atomic E-state index is -3.79. The number of halogens is 1. The van der Waals surface area contributed by atoms with Crippen molar-refractivity contribution in [1.82, 2.24) is 10.0 Å². The van der Waals surface area contributed by atoms with Crippen LogP contribution in [-0.2, 0) is 14.8 Å². The van der Waals surface area contributed by atoms with Crippen LogP contribution in [0, 0.1) is 0 Å². The first-order chi connectivity index (χ1) is 9.35. The van der Waals surface area contributed by atoms with Crippen molar-refractivity contribution in [3.05, 3.63) is 28.7 Å². The molecule has 0 aliphatic carbocycles. The van der Waals surface area contributed by atoms with Crippen LogP contribution >= 0.6 is 15.9 Å². The van der Waals surface area contributed by atoms with Crippen molar-refractivity contribution in [3.63, 3.8) is 0 Å². The van der Waals surface area contributed by atoms with Gasteiger partial charge in [-0.15, -0.1) is 0 Å². The Labute approximate surface area is 125 Å². The smallest absolute Gasteiger partial charge is 0.264 e. The number of amides is 1. The second kappa shape index (κ2) is 7.25. The summed E-state index contributed by atoms with van der Waals surface area (Å²) in [7, 11) is -3.79. The lowest BCUT2D eigenvalue weighted by molar-refractivity contribution is -0.119. The van der Waals surface area contributed by atoms with Crippen LogP contribution in [0.1, 0.15) is 6.92 Å². The zero-order chi connectivity index (χ0) is 15.2. The lowest BCUT2D eigenvalue weighted by Gasteiger charge is -2.07. The standard InChI is InChI=1S/C11H15BrN4O3S/c1-2-14-10(17)7-15-11(13)16-20(18,19)9-5-3-8(12)4-6-9/h3-6H,2,7H2,1H3,(H,14,17)(H3,13,15,16). The van der Waals surface area contributed by atoms with Gasteiger partial charge < -0.3 is 11.1 Å². The monoisotopic (exact) mass is 362 g/mol. The lowest BCUT2D eigenvalue weighted by atomic mass is 10.4. The van der Waals surface area contributed by atoms with Gasteiger partial charge in [0.2, 0.25) is 11.9 Å². The molecule has 4 N–H and O–H groups in total. The number of carbonyl (C=O) groups is 1. The van der Waals surface area contributed by atoms with Crippen LogP contribution in [0.4, 0.5) is 0 Å². The molecule has 0 spiro atoms. The number of hydrogen-bond acceptors (Lipinski definition) is 4. The Morgan fingerprint density at radius 1 is 1.35 bits per heavy atom. The molecule has 1 aromatic carbocycles. The third-order valence-electron chi connectivity index (χ3n) is 2.13. The van der Waals surface area contributed by atoms with Crippen molar-refractivity contribution in [3.8, 4) is 0 Å². The summed E-state index contributed by atoms with van der Waals surface area (Å²) in [4.78, 5) is 14.9. The molecular formula is C11H15BrN4O3S. The molecule has 1 aromatic rings. The van der Waals surface area contributed by atoms with Crippen molar-refractivity contribution < 1.29 is 13.2 Å². The molecule has 0 saturated heterocycles. The molecular weight excluding hydrogens is 348 g/mol. The molecule has 0 bridgehead atoms. The molecule has 0 aliphatic rings. The average molecular weight is 363 g/mol. The normalized spacial score (nSPS) is 12.0. The van der Waals surface area contributed by atoms with Gasteiger partial charge in [0.1, 0.15) is 6.54 Å². The van der Waals surface area contributed by atoms with E-state index in [4.69, 9.17) is 5.73 Å². The summed E-state index contributed by atoms with van der Waals surface area (Å²) in [6, 6.07) is 6.03. The first kappa shape index (κ1) is 16.4. The van der Waals surface area contributed by atoms with Gasteiger partial charge in [-0.1, -0.05) is 15.9 Å². The first-order valence-corrected chi connectivity index (χ1v) is 7.97. The number of aliphatic imine (C=N–C) groups is 1. The molecule has 110 valence electrons. The summed E-state index contributed by atoms with van der Waals surface area (Å²) >= 11 is 3.21. The third-order valence-corrected chi connectivity index (χ3v) is 4.03. The van der Waals surface area contributed by atoms with E-state index in [0.29, 0.717) is 6.54 Å². The number of rotatable bonds is 5. The number of likely N-dealkylation sites (N-methyl/N-ethyl adjacent to an activating group) is 1. The summed E-state index contributed by atoms with van der Waals surface area (Å²) in [5.74, 6) is -0.669. The lowest BCUT2D eigenvalue weighted by Crippen LogP contribution is -2.38. The Morgan fingerprint density at radius 2 is 1.95 bits per heavy atom. The van der Waals surface area contributed by atoms with Gasteiger partial charge in [-0.3, -0.25) is 4.79 Å². The molecule has 0 aliphatic heterocycles. The predicted octanol–water partition coefficient (Wildman–Crippen LogP) is 0.178. The number of hydrogen-bond donors (Lipinski definition) is 3. The number of sulfonamides is 1. The fourth-order valence-corrected chi connectivity index (χ4v) is 2.47. The molecule has 0 aromatic heterocycles. The molecule has 0 heterocycles. The number of nitrogens with two attached hydrogens (primary N) is 1. The zero-order valence-corrected chi connectivity index (χ0v) is 13.2. The molecule has 20 heavy (non-hydrogen) atoms. The van der Waals surface area contributed by atoms with E-state index in [1.807, 2.05) is 0 Å². The van der Waals surface area contributed by atoms with E-state index in [1.165, 1.54) is 12.1 Å². The van der Waals surface area contributed by atoms with Gasteiger partial charge in [0.05, 0.1) is 4.90 Å². The highest BCUT2D eigenvalue weighted by Gasteiger charge is 2.14. The molecule has 0 atom stereocenters. The quantitative estimate of drug-likeness (QED) is 0.511. The second-order valence-corrected chi connectivity index (χ2v) is 6.31. The Bertz CT molecular complexity index is 599. The van der Waals surface area contributed by atoms with Crippen LogP contribution < -0.4 is 15.8 Å². The highest BCUT2D eigenvalue weighted by Crippen LogP contribution is 2.14. The number of benzene rings is 1. The van der Waals surface area contributed by atoms with Crippen LogP contribution in [0.3, 0.4) is 0 Å². The van der Waals surface area contributed by atoms with Crippen LogP contribution in [0.15, 0.2) is 38.6 Å². The van der Waals surface area contributed by atoms with E-state index in [9.17, 15) is 13.2 Å². The van der Waals surface area contributed by atoms with Gasteiger partial charge >= 0.3 is 0 Å². The topological polar surface area (TPSA) is 114 Å². The van der Waals surface area contributed by atoms with Crippen molar-refractivity contribution in [2.24, 2.45) is 10.7 Å². The van der Waals surface area contributed by atoms with Gasteiger partial charge in [-0.25, -0.2) is 18.1 Å². The fraction of sp³-hybridized carbons (Fsp3) is 0.273. The number of nitrogens with one attached hydrogen (secondary N) is 2. The van der Waals surface area contributed by atoms with Gasteiger partial charge in [0.25, 0.3) is 10.0 Å². The molecule has 0 unspecified atom stereocenters. The van der Waals surface area contributed by atoms with Crippen molar-refractivity contribution in [1.29, 1.82) is 0 Å².